The molecule has 0 aliphatic rings. The summed E-state index contributed by atoms with van der Waals surface area (Å²) in [6, 6.07) is 9.13. The van der Waals surface area contributed by atoms with Gasteiger partial charge < -0.3 is 15.0 Å². The molecule has 96 valence electrons. The molecular weight excluding hydrogens is 212 g/mol. The maximum Gasteiger partial charge on any atom is 0.120 e. The predicted octanol–water partition coefficient (Wildman–Crippen LogP) is 2.52. The van der Waals surface area contributed by atoms with Crippen LogP contribution in [0.2, 0.25) is 0 Å². The van der Waals surface area contributed by atoms with Gasteiger partial charge in [0.25, 0.3) is 0 Å². The first-order chi connectivity index (χ1) is 8.04. The third kappa shape index (κ3) is 4.27. The molecule has 0 bridgehead atoms. The second kappa shape index (κ2) is 6.50. The lowest BCUT2D eigenvalue weighted by Crippen LogP contribution is -2.40. The summed E-state index contributed by atoms with van der Waals surface area (Å²) < 4.78 is 5.24. The number of anilines is 1. The highest BCUT2D eigenvalue weighted by Gasteiger charge is 2.10. The Morgan fingerprint density at radius 2 is 2.00 bits per heavy atom. The minimum absolute atomic E-state index is 0.449. The van der Waals surface area contributed by atoms with Crippen LogP contribution in [0.3, 0.4) is 0 Å². The third-order valence-corrected chi connectivity index (χ3v) is 2.94. The summed E-state index contributed by atoms with van der Waals surface area (Å²) in [5.41, 5.74) is 1.18. The quantitative estimate of drug-likeness (QED) is 0.821. The number of rotatable bonds is 6. The fourth-order valence-electron chi connectivity index (χ4n) is 1.63. The van der Waals surface area contributed by atoms with Gasteiger partial charge in [0, 0.05) is 37.4 Å². The van der Waals surface area contributed by atoms with Crippen LogP contribution >= 0.6 is 0 Å². The van der Waals surface area contributed by atoms with Gasteiger partial charge in [-0.15, -0.1) is 0 Å². The SMILES string of the molecule is COc1cccc(N(C)C(C)CNC(C)C)c1. The molecule has 0 aliphatic heterocycles. The van der Waals surface area contributed by atoms with Crippen molar-refractivity contribution in [3.8, 4) is 5.75 Å². The Balaban J connectivity index is 2.63. The van der Waals surface area contributed by atoms with Crippen molar-refractivity contribution in [2.24, 2.45) is 0 Å². The highest BCUT2D eigenvalue weighted by Crippen LogP contribution is 2.21. The zero-order valence-corrected chi connectivity index (χ0v) is 11.5. The molecule has 3 nitrogen and oxygen atoms in total. The first kappa shape index (κ1) is 13.8. The molecule has 0 heterocycles. The summed E-state index contributed by atoms with van der Waals surface area (Å²) in [4.78, 5) is 2.26. The lowest BCUT2D eigenvalue weighted by molar-refractivity contribution is 0.414. The molecule has 0 spiro atoms. The van der Waals surface area contributed by atoms with E-state index in [4.69, 9.17) is 4.74 Å². The summed E-state index contributed by atoms with van der Waals surface area (Å²) in [7, 11) is 3.81. The van der Waals surface area contributed by atoms with E-state index in [-0.39, 0.29) is 0 Å². The fraction of sp³-hybridized carbons (Fsp3) is 0.571. The van der Waals surface area contributed by atoms with E-state index < -0.39 is 0 Å². The van der Waals surface area contributed by atoms with E-state index in [0.717, 1.165) is 12.3 Å². The van der Waals surface area contributed by atoms with Crippen molar-refractivity contribution >= 4 is 5.69 Å². The van der Waals surface area contributed by atoms with Gasteiger partial charge in [0.15, 0.2) is 0 Å². The largest absolute Gasteiger partial charge is 0.497 e. The maximum absolute atomic E-state index is 5.24. The molecule has 1 aromatic rings. The highest BCUT2D eigenvalue weighted by molar-refractivity contribution is 5.50. The van der Waals surface area contributed by atoms with Crippen LogP contribution in [0.25, 0.3) is 0 Å². The topological polar surface area (TPSA) is 24.5 Å². The molecule has 1 aromatic carbocycles. The number of likely N-dealkylation sites (N-methyl/N-ethyl adjacent to an activating group) is 1. The summed E-state index contributed by atoms with van der Waals surface area (Å²) in [5.74, 6) is 0.901. The van der Waals surface area contributed by atoms with Crippen molar-refractivity contribution in [3.63, 3.8) is 0 Å². The van der Waals surface area contributed by atoms with Gasteiger partial charge in [-0.2, -0.15) is 0 Å². The van der Waals surface area contributed by atoms with Gasteiger partial charge in [0.2, 0.25) is 0 Å². The zero-order chi connectivity index (χ0) is 12.8. The number of hydrogen-bond acceptors (Lipinski definition) is 3. The minimum atomic E-state index is 0.449. The second-order valence-electron chi connectivity index (χ2n) is 4.72. The van der Waals surface area contributed by atoms with E-state index in [0.29, 0.717) is 12.1 Å². The van der Waals surface area contributed by atoms with Crippen LogP contribution in [-0.2, 0) is 0 Å². The Kier molecular flexibility index (Phi) is 5.29. The lowest BCUT2D eigenvalue weighted by atomic mass is 10.2. The van der Waals surface area contributed by atoms with E-state index in [1.54, 1.807) is 7.11 Å². The number of hydrogen-bond donors (Lipinski definition) is 1. The van der Waals surface area contributed by atoms with Crippen molar-refractivity contribution in [2.75, 3.05) is 25.6 Å². The molecule has 1 unspecified atom stereocenters. The average molecular weight is 236 g/mol. The number of methoxy groups -OCH3 is 1. The Labute approximate surface area is 105 Å². The van der Waals surface area contributed by atoms with Gasteiger partial charge in [-0.25, -0.2) is 0 Å². The van der Waals surface area contributed by atoms with Crippen LogP contribution in [0.5, 0.6) is 5.75 Å². The van der Waals surface area contributed by atoms with Crippen LogP contribution < -0.4 is 15.0 Å². The first-order valence-corrected chi connectivity index (χ1v) is 6.15. The molecule has 3 heteroatoms. The van der Waals surface area contributed by atoms with Crippen LogP contribution in [0, 0.1) is 0 Å². The van der Waals surface area contributed by atoms with Crippen molar-refractivity contribution in [2.45, 2.75) is 32.9 Å². The Morgan fingerprint density at radius 3 is 2.59 bits per heavy atom. The Morgan fingerprint density at radius 1 is 1.29 bits per heavy atom. The molecular formula is C14H24N2O. The average Bonchev–Trinajstić information content (AvgIpc) is 2.35. The van der Waals surface area contributed by atoms with Crippen molar-refractivity contribution in [1.82, 2.24) is 5.32 Å². The van der Waals surface area contributed by atoms with Crippen molar-refractivity contribution in [3.05, 3.63) is 24.3 Å². The van der Waals surface area contributed by atoms with Gasteiger partial charge in [-0.05, 0) is 19.1 Å². The van der Waals surface area contributed by atoms with Gasteiger partial charge in [-0.3, -0.25) is 0 Å². The molecule has 0 fully saturated rings. The third-order valence-electron chi connectivity index (χ3n) is 2.94. The number of nitrogens with zero attached hydrogens (tertiary/aromatic N) is 1. The zero-order valence-electron chi connectivity index (χ0n) is 11.5. The first-order valence-electron chi connectivity index (χ1n) is 6.15. The number of nitrogens with one attached hydrogen (secondary N) is 1. The summed E-state index contributed by atoms with van der Waals surface area (Å²) in [5, 5.41) is 3.45. The molecule has 0 radical (unpaired) electrons. The molecule has 17 heavy (non-hydrogen) atoms. The highest BCUT2D eigenvalue weighted by atomic mass is 16.5. The summed E-state index contributed by atoms with van der Waals surface area (Å²) in [6.45, 7) is 7.52. The van der Waals surface area contributed by atoms with Crippen LogP contribution in [0.4, 0.5) is 5.69 Å². The van der Waals surface area contributed by atoms with Gasteiger partial charge >= 0.3 is 0 Å². The Hall–Kier alpha value is -1.22. The van der Waals surface area contributed by atoms with Gasteiger partial charge in [-0.1, -0.05) is 19.9 Å². The van der Waals surface area contributed by atoms with E-state index >= 15 is 0 Å². The molecule has 0 aromatic heterocycles. The van der Waals surface area contributed by atoms with E-state index in [1.165, 1.54) is 5.69 Å². The van der Waals surface area contributed by atoms with E-state index in [9.17, 15) is 0 Å². The van der Waals surface area contributed by atoms with Gasteiger partial charge in [0.1, 0.15) is 5.75 Å². The number of benzene rings is 1. The van der Waals surface area contributed by atoms with Crippen LogP contribution in [0.15, 0.2) is 24.3 Å². The molecule has 1 N–H and O–H groups in total. The maximum atomic E-state index is 5.24. The molecule has 1 rings (SSSR count). The van der Waals surface area contributed by atoms with Gasteiger partial charge in [0.05, 0.1) is 7.11 Å². The standard InChI is InChI=1S/C14H24N2O/c1-11(2)15-10-12(3)16(4)13-7-6-8-14(9-13)17-5/h6-9,11-12,15H,10H2,1-5H3. The molecule has 0 saturated carbocycles. The monoisotopic (exact) mass is 236 g/mol. The van der Waals surface area contributed by atoms with E-state index in [1.807, 2.05) is 12.1 Å². The lowest BCUT2D eigenvalue weighted by Gasteiger charge is -2.28. The van der Waals surface area contributed by atoms with Crippen molar-refractivity contribution in [1.29, 1.82) is 0 Å². The molecule has 0 amide bonds. The molecule has 0 saturated heterocycles. The normalized spacial score (nSPS) is 12.6. The second-order valence-corrected chi connectivity index (χ2v) is 4.72. The smallest absolute Gasteiger partial charge is 0.120 e. The van der Waals surface area contributed by atoms with Crippen molar-refractivity contribution < 1.29 is 4.74 Å². The molecule has 0 aliphatic carbocycles. The van der Waals surface area contributed by atoms with E-state index in [2.05, 4.69) is 50.2 Å². The number of ether oxygens (including phenoxy) is 1. The fourth-order valence-corrected chi connectivity index (χ4v) is 1.63. The molecule has 1 atom stereocenters. The van der Waals surface area contributed by atoms with Crippen LogP contribution in [-0.4, -0.2) is 32.8 Å². The van der Waals surface area contributed by atoms with Crippen LogP contribution in [0.1, 0.15) is 20.8 Å². The predicted molar refractivity (Wildman–Crippen MR) is 74.0 cm³/mol. The summed E-state index contributed by atoms with van der Waals surface area (Å²) in [6.07, 6.45) is 0. The minimum Gasteiger partial charge on any atom is -0.497 e. The Bertz CT molecular complexity index is 339. The summed E-state index contributed by atoms with van der Waals surface area (Å²) >= 11 is 0.